The number of aromatic nitrogens is 2. The highest BCUT2D eigenvalue weighted by Gasteiger charge is 2.25. The minimum absolute atomic E-state index is 0.0734. The summed E-state index contributed by atoms with van der Waals surface area (Å²) in [6.07, 6.45) is 1.69. The molecule has 17 heavy (non-hydrogen) atoms. The Morgan fingerprint density at radius 2 is 2.06 bits per heavy atom. The fraction of sp³-hybridized carbons (Fsp3) is 0.636. The van der Waals surface area contributed by atoms with Crippen molar-refractivity contribution in [3.8, 4) is 0 Å². The zero-order valence-electron chi connectivity index (χ0n) is 10.2. The van der Waals surface area contributed by atoms with Gasteiger partial charge in [0.2, 0.25) is 0 Å². The van der Waals surface area contributed by atoms with Crippen LogP contribution >= 0.6 is 15.9 Å². The second-order valence-electron chi connectivity index (χ2n) is 4.25. The monoisotopic (exact) mass is 300 g/mol. The molecule has 0 bridgehead atoms. The molecule has 1 saturated heterocycles. The maximum Gasteiger partial charge on any atom is 0.273 e. The molecule has 0 spiro atoms. The van der Waals surface area contributed by atoms with Crippen molar-refractivity contribution in [1.29, 1.82) is 0 Å². The van der Waals surface area contributed by atoms with Crippen molar-refractivity contribution in [2.45, 2.75) is 13.5 Å². The molecule has 0 atom stereocenters. The molecule has 1 amide bonds. The van der Waals surface area contributed by atoms with E-state index in [1.165, 1.54) is 0 Å². The molecule has 1 fully saturated rings. The third kappa shape index (κ3) is 2.52. The molecule has 0 aromatic carbocycles. The molecule has 2 heterocycles. The van der Waals surface area contributed by atoms with Crippen LogP contribution in [0.4, 0.5) is 0 Å². The molecule has 2 rings (SSSR count). The molecule has 0 aliphatic carbocycles. The molecule has 1 aromatic rings. The summed E-state index contributed by atoms with van der Waals surface area (Å²) in [5, 5.41) is 4.18. The average Bonchev–Trinajstić information content (AvgIpc) is 2.70. The molecule has 1 aromatic heterocycles. The van der Waals surface area contributed by atoms with Crippen molar-refractivity contribution in [2.24, 2.45) is 0 Å². The van der Waals surface area contributed by atoms with E-state index in [1.54, 1.807) is 10.9 Å². The number of piperazine rings is 1. The van der Waals surface area contributed by atoms with E-state index in [-0.39, 0.29) is 5.91 Å². The van der Waals surface area contributed by atoms with Gasteiger partial charge in [-0.3, -0.25) is 9.48 Å². The van der Waals surface area contributed by atoms with Gasteiger partial charge in [-0.2, -0.15) is 5.10 Å². The number of halogens is 1. The second-order valence-corrected chi connectivity index (χ2v) is 5.11. The third-order valence-corrected chi connectivity index (χ3v) is 3.67. The largest absolute Gasteiger partial charge is 0.335 e. The van der Waals surface area contributed by atoms with Gasteiger partial charge in [-0.15, -0.1) is 0 Å². The lowest BCUT2D eigenvalue weighted by molar-refractivity contribution is 0.0651. The van der Waals surface area contributed by atoms with Crippen LogP contribution in [0.2, 0.25) is 0 Å². The molecule has 1 aliphatic heterocycles. The van der Waals surface area contributed by atoms with E-state index in [9.17, 15) is 4.79 Å². The smallest absolute Gasteiger partial charge is 0.273 e. The van der Waals surface area contributed by atoms with Crippen molar-refractivity contribution in [2.75, 3.05) is 33.2 Å². The van der Waals surface area contributed by atoms with Crippen molar-refractivity contribution in [3.05, 3.63) is 16.4 Å². The molecule has 6 heteroatoms. The summed E-state index contributed by atoms with van der Waals surface area (Å²) >= 11 is 3.40. The molecule has 0 saturated carbocycles. The van der Waals surface area contributed by atoms with Crippen LogP contribution in [0, 0.1) is 0 Å². The normalized spacial score (nSPS) is 17.5. The molecular formula is C11H17BrN4O. The second kappa shape index (κ2) is 5.18. The predicted octanol–water partition coefficient (Wildman–Crippen LogP) is 1.05. The maximum absolute atomic E-state index is 12.4. The van der Waals surface area contributed by atoms with E-state index in [4.69, 9.17) is 0 Å². The number of hydrogen-bond acceptors (Lipinski definition) is 3. The summed E-state index contributed by atoms with van der Waals surface area (Å²) < 4.78 is 2.52. The number of hydrogen-bond donors (Lipinski definition) is 0. The van der Waals surface area contributed by atoms with Gasteiger partial charge in [-0.25, -0.2) is 0 Å². The van der Waals surface area contributed by atoms with Gasteiger partial charge in [0.1, 0.15) is 5.69 Å². The minimum Gasteiger partial charge on any atom is -0.335 e. The Hall–Kier alpha value is -0.880. The van der Waals surface area contributed by atoms with Gasteiger partial charge >= 0.3 is 0 Å². The van der Waals surface area contributed by atoms with Crippen LogP contribution in [0.15, 0.2) is 10.7 Å². The summed E-state index contributed by atoms with van der Waals surface area (Å²) in [4.78, 5) is 16.5. The van der Waals surface area contributed by atoms with E-state index in [0.29, 0.717) is 12.2 Å². The Kier molecular flexibility index (Phi) is 3.83. The zero-order valence-corrected chi connectivity index (χ0v) is 11.8. The molecule has 5 nitrogen and oxygen atoms in total. The van der Waals surface area contributed by atoms with Crippen molar-refractivity contribution >= 4 is 21.8 Å². The Morgan fingerprint density at radius 1 is 1.41 bits per heavy atom. The third-order valence-electron chi connectivity index (χ3n) is 3.09. The highest BCUT2D eigenvalue weighted by molar-refractivity contribution is 9.10. The van der Waals surface area contributed by atoms with Gasteiger partial charge in [0.05, 0.1) is 10.7 Å². The first-order valence-electron chi connectivity index (χ1n) is 5.82. The molecule has 0 radical (unpaired) electrons. The van der Waals surface area contributed by atoms with Gasteiger partial charge in [0, 0.05) is 32.7 Å². The quantitative estimate of drug-likeness (QED) is 0.820. The van der Waals surface area contributed by atoms with Crippen LogP contribution in [0.3, 0.4) is 0 Å². The average molecular weight is 301 g/mol. The Bertz CT molecular complexity index is 410. The van der Waals surface area contributed by atoms with Crippen LogP contribution in [0.1, 0.15) is 17.4 Å². The molecule has 1 aliphatic rings. The highest BCUT2D eigenvalue weighted by atomic mass is 79.9. The fourth-order valence-electron chi connectivity index (χ4n) is 1.97. The van der Waals surface area contributed by atoms with Gasteiger partial charge in [0.25, 0.3) is 5.91 Å². The number of amides is 1. The van der Waals surface area contributed by atoms with Crippen LogP contribution in [-0.2, 0) is 6.54 Å². The lowest BCUT2D eigenvalue weighted by Crippen LogP contribution is -2.47. The summed E-state index contributed by atoms with van der Waals surface area (Å²) in [5.41, 5.74) is 0.664. The molecular weight excluding hydrogens is 284 g/mol. The first kappa shape index (κ1) is 12.6. The predicted molar refractivity (Wildman–Crippen MR) is 69.0 cm³/mol. The number of likely N-dealkylation sites (N-methyl/N-ethyl adjacent to an activating group) is 1. The summed E-state index contributed by atoms with van der Waals surface area (Å²) in [6.45, 7) is 6.14. The number of rotatable bonds is 2. The molecule has 0 unspecified atom stereocenters. The van der Waals surface area contributed by atoms with Crippen LogP contribution in [0.25, 0.3) is 0 Å². The van der Waals surface area contributed by atoms with E-state index >= 15 is 0 Å². The van der Waals surface area contributed by atoms with Crippen molar-refractivity contribution < 1.29 is 4.79 Å². The standard InChI is InChI=1S/C11H17BrN4O/c1-3-16-10(9(12)8-13-16)11(17)15-6-4-14(2)5-7-15/h8H,3-7H2,1-2H3. The van der Waals surface area contributed by atoms with Crippen LogP contribution in [-0.4, -0.2) is 58.7 Å². The van der Waals surface area contributed by atoms with Crippen molar-refractivity contribution in [3.63, 3.8) is 0 Å². The zero-order chi connectivity index (χ0) is 12.4. The highest BCUT2D eigenvalue weighted by Crippen LogP contribution is 2.18. The number of nitrogens with zero attached hydrogens (tertiary/aromatic N) is 4. The topological polar surface area (TPSA) is 41.4 Å². The lowest BCUT2D eigenvalue weighted by atomic mass is 10.3. The molecule has 0 N–H and O–H groups in total. The minimum atomic E-state index is 0.0734. The molecule has 94 valence electrons. The first-order valence-corrected chi connectivity index (χ1v) is 6.62. The Morgan fingerprint density at radius 3 is 2.65 bits per heavy atom. The Balaban J connectivity index is 2.16. The maximum atomic E-state index is 12.4. The lowest BCUT2D eigenvalue weighted by Gasteiger charge is -2.32. The van der Waals surface area contributed by atoms with Crippen LogP contribution in [0.5, 0.6) is 0 Å². The van der Waals surface area contributed by atoms with E-state index in [0.717, 1.165) is 30.7 Å². The number of aryl methyl sites for hydroxylation is 1. The number of carbonyl (C=O) groups is 1. The SMILES string of the molecule is CCn1ncc(Br)c1C(=O)N1CCN(C)CC1. The summed E-state index contributed by atoms with van der Waals surface area (Å²) in [7, 11) is 2.08. The van der Waals surface area contributed by atoms with Gasteiger partial charge in [-0.05, 0) is 29.9 Å². The summed E-state index contributed by atoms with van der Waals surface area (Å²) in [6, 6.07) is 0. The van der Waals surface area contributed by atoms with Gasteiger partial charge < -0.3 is 9.80 Å². The fourth-order valence-corrected chi connectivity index (χ4v) is 2.44. The van der Waals surface area contributed by atoms with E-state index < -0.39 is 0 Å². The van der Waals surface area contributed by atoms with Gasteiger partial charge in [-0.1, -0.05) is 0 Å². The summed E-state index contributed by atoms with van der Waals surface area (Å²) in [5.74, 6) is 0.0734. The Labute approximate surface area is 110 Å². The van der Waals surface area contributed by atoms with Crippen LogP contribution < -0.4 is 0 Å². The van der Waals surface area contributed by atoms with E-state index in [1.807, 2.05) is 11.8 Å². The first-order chi connectivity index (χ1) is 8.13. The van der Waals surface area contributed by atoms with Crippen molar-refractivity contribution in [1.82, 2.24) is 19.6 Å². The number of carbonyl (C=O) groups excluding carboxylic acids is 1. The van der Waals surface area contributed by atoms with E-state index in [2.05, 4.69) is 33.0 Å². The van der Waals surface area contributed by atoms with Gasteiger partial charge in [0.15, 0.2) is 0 Å².